The maximum atomic E-state index is 12.3. The summed E-state index contributed by atoms with van der Waals surface area (Å²) in [5.74, 6) is -0.00746. The highest BCUT2D eigenvalue weighted by Gasteiger charge is 2.36. The van der Waals surface area contributed by atoms with Gasteiger partial charge in [0.2, 0.25) is 5.91 Å². The lowest BCUT2D eigenvalue weighted by Gasteiger charge is -2.30. The molecular weight excluding hydrogens is 310 g/mol. The van der Waals surface area contributed by atoms with Crippen molar-refractivity contribution in [1.82, 2.24) is 24.6 Å². The number of carbonyl (C=O) groups is 1. The van der Waals surface area contributed by atoms with Gasteiger partial charge in [0.15, 0.2) is 0 Å². The zero-order valence-corrected chi connectivity index (χ0v) is 14.5. The fraction of sp³-hybridized carbons (Fsp3) is 0.812. The Bertz CT molecular complexity index is 625. The summed E-state index contributed by atoms with van der Waals surface area (Å²) in [6, 6.07) is 0.611. The number of ether oxygens (including phenoxy) is 1. The van der Waals surface area contributed by atoms with Crippen molar-refractivity contribution in [3.63, 3.8) is 0 Å². The van der Waals surface area contributed by atoms with Crippen LogP contribution in [0.2, 0.25) is 0 Å². The van der Waals surface area contributed by atoms with Crippen molar-refractivity contribution in [2.75, 3.05) is 20.2 Å². The second-order valence-electron chi connectivity index (χ2n) is 6.81. The maximum Gasteiger partial charge on any atom is 0.345 e. The highest BCUT2D eigenvalue weighted by molar-refractivity contribution is 5.76. The first-order chi connectivity index (χ1) is 11.6. The quantitative estimate of drug-likeness (QED) is 0.773. The molecule has 8 nitrogen and oxygen atoms in total. The molecule has 1 aliphatic carbocycles. The lowest BCUT2D eigenvalue weighted by atomic mass is 10.1. The summed E-state index contributed by atoms with van der Waals surface area (Å²) < 4.78 is 8.18. The number of methoxy groups -OCH3 is 1. The second-order valence-corrected chi connectivity index (χ2v) is 6.81. The molecule has 3 atom stereocenters. The number of hydrogen-bond acceptors (Lipinski definition) is 5. The van der Waals surface area contributed by atoms with Crippen LogP contribution in [0.1, 0.15) is 32.1 Å². The number of nitrogens with zero attached hydrogens (tertiary/aromatic N) is 4. The van der Waals surface area contributed by atoms with E-state index in [1.165, 1.54) is 15.6 Å². The molecule has 1 N–H and O–H groups in total. The van der Waals surface area contributed by atoms with Gasteiger partial charge in [0.1, 0.15) is 6.33 Å². The minimum atomic E-state index is -0.191. The molecule has 2 aliphatic rings. The normalized spacial score (nSPS) is 27.7. The Morgan fingerprint density at radius 2 is 2.25 bits per heavy atom. The van der Waals surface area contributed by atoms with Crippen LogP contribution in [-0.4, -0.2) is 63.5 Å². The Balaban J connectivity index is 1.50. The van der Waals surface area contributed by atoms with E-state index < -0.39 is 0 Å². The standard InChI is InChI=1S/C16H27N5O3/c1-19-11-17-21(16(19)23)9-7-15(22)18-13-4-3-5-14(13)20-8-6-12(10-20)24-2/h11-14H,3-10H2,1-2H3,(H,18,22)/t12?,13-,14+/m1/s1. The molecule has 1 saturated carbocycles. The zero-order valence-electron chi connectivity index (χ0n) is 14.5. The van der Waals surface area contributed by atoms with Gasteiger partial charge in [-0.1, -0.05) is 0 Å². The number of aromatic nitrogens is 3. The molecule has 8 heteroatoms. The molecule has 1 aliphatic heterocycles. The molecule has 1 unspecified atom stereocenters. The third-order valence-corrected chi connectivity index (χ3v) is 5.24. The molecule has 0 radical (unpaired) electrons. The fourth-order valence-electron chi connectivity index (χ4n) is 3.85. The van der Waals surface area contributed by atoms with Crippen molar-refractivity contribution < 1.29 is 9.53 Å². The van der Waals surface area contributed by atoms with E-state index in [4.69, 9.17) is 4.74 Å². The van der Waals surface area contributed by atoms with Gasteiger partial charge in [0, 0.05) is 45.8 Å². The van der Waals surface area contributed by atoms with Gasteiger partial charge in [-0.05, 0) is 25.7 Å². The lowest BCUT2D eigenvalue weighted by molar-refractivity contribution is -0.122. The highest BCUT2D eigenvalue weighted by Crippen LogP contribution is 2.28. The molecule has 2 fully saturated rings. The summed E-state index contributed by atoms with van der Waals surface area (Å²) in [5, 5.41) is 7.14. The molecule has 0 bridgehead atoms. The molecule has 1 aromatic heterocycles. The van der Waals surface area contributed by atoms with Crippen LogP contribution in [-0.2, 0) is 23.1 Å². The van der Waals surface area contributed by atoms with E-state index >= 15 is 0 Å². The average Bonchev–Trinajstić information content (AvgIpc) is 3.28. The van der Waals surface area contributed by atoms with Gasteiger partial charge < -0.3 is 10.1 Å². The summed E-state index contributed by atoms with van der Waals surface area (Å²) >= 11 is 0. The Kier molecular flexibility index (Phi) is 5.35. The summed E-state index contributed by atoms with van der Waals surface area (Å²) in [7, 11) is 3.42. The Labute approximate surface area is 141 Å². The van der Waals surface area contributed by atoms with Crippen molar-refractivity contribution in [3.05, 3.63) is 16.8 Å². The van der Waals surface area contributed by atoms with Crippen LogP contribution in [0.25, 0.3) is 0 Å². The molecule has 24 heavy (non-hydrogen) atoms. The molecule has 0 spiro atoms. The van der Waals surface area contributed by atoms with Crippen LogP contribution < -0.4 is 11.0 Å². The van der Waals surface area contributed by atoms with E-state index in [1.54, 1.807) is 14.2 Å². The van der Waals surface area contributed by atoms with Gasteiger partial charge in [-0.15, -0.1) is 0 Å². The van der Waals surface area contributed by atoms with Crippen LogP contribution in [0, 0.1) is 0 Å². The van der Waals surface area contributed by atoms with Crippen molar-refractivity contribution in [3.8, 4) is 0 Å². The van der Waals surface area contributed by atoms with Crippen molar-refractivity contribution in [2.24, 2.45) is 7.05 Å². The first-order valence-electron chi connectivity index (χ1n) is 8.73. The van der Waals surface area contributed by atoms with Gasteiger partial charge in [-0.2, -0.15) is 5.10 Å². The number of rotatable bonds is 6. The number of hydrogen-bond donors (Lipinski definition) is 1. The van der Waals surface area contributed by atoms with Crippen LogP contribution >= 0.6 is 0 Å². The van der Waals surface area contributed by atoms with Crippen LogP contribution in [0.4, 0.5) is 0 Å². The Hall–Kier alpha value is -1.67. The van der Waals surface area contributed by atoms with E-state index in [1.807, 2.05) is 0 Å². The first-order valence-corrected chi connectivity index (χ1v) is 8.73. The fourth-order valence-corrected chi connectivity index (χ4v) is 3.85. The number of carbonyl (C=O) groups excluding carboxylic acids is 1. The minimum Gasteiger partial charge on any atom is -0.380 e. The Morgan fingerprint density at radius 1 is 1.42 bits per heavy atom. The molecule has 3 rings (SSSR count). The maximum absolute atomic E-state index is 12.3. The predicted octanol–water partition coefficient (Wildman–Crippen LogP) is -0.270. The number of nitrogens with one attached hydrogen (secondary N) is 1. The topological polar surface area (TPSA) is 81.4 Å². The van der Waals surface area contributed by atoms with Crippen molar-refractivity contribution >= 4 is 5.91 Å². The third-order valence-electron chi connectivity index (χ3n) is 5.24. The second kappa shape index (κ2) is 7.48. The summed E-state index contributed by atoms with van der Waals surface area (Å²) in [5.41, 5.74) is -0.191. The van der Waals surface area contributed by atoms with Crippen LogP contribution in [0.5, 0.6) is 0 Å². The van der Waals surface area contributed by atoms with Crippen LogP contribution in [0.3, 0.4) is 0 Å². The van der Waals surface area contributed by atoms with Gasteiger partial charge in [-0.25, -0.2) is 9.48 Å². The molecule has 0 aromatic carbocycles. The van der Waals surface area contributed by atoms with Crippen molar-refractivity contribution in [2.45, 2.75) is 56.8 Å². The summed E-state index contributed by atoms with van der Waals surface area (Å²) in [4.78, 5) is 26.4. The largest absolute Gasteiger partial charge is 0.380 e. The monoisotopic (exact) mass is 337 g/mol. The molecule has 1 saturated heterocycles. The highest BCUT2D eigenvalue weighted by atomic mass is 16.5. The smallest absolute Gasteiger partial charge is 0.345 e. The predicted molar refractivity (Wildman–Crippen MR) is 88.6 cm³/mol. The molecule has 2 heterocycles. The van der Waals surface area contributed by atoms with Crippen LogP contribution in [0.15, 0.2) is 11.1 Å². The molecule has 1 aromatic rings. The molecule has 1 amide bonds. The van der Waals surface area contributed by atoms with E-state index in [9.17, 15) is 9.59 Å². The van der Waals surface area contributed by atoms with Gasteiger partial charge in [0.25, 0.3) is 0 Å². The molecule has 134 valence electrons. The lowest BCUT2D eigenvalue weighted by Crippen LogP contribution is -2.48. The zero-order chi connectivity index (χ0) is 17.1. The summed E-state index contributed by atoms with van der Waals surface area (Å²) in [6.07, 6.45) is 6.42. The van der Waals surface area contributed by atoms with Gasteiger partial charge in [0.05, 0.1) is 12.6 Å². The van der Waals surface area contributed by atoms with E-state index in [2.05, 4.69) is 15.3 Å². The van der Waals surface area contributed by atoms with E-state index in [0.29, 0.717) is 18.7 Å². The van der Waals surface area contributed by atoms with E-state index in [-0.39, 0.29) is 24.1 Å². The number of likely N-dealkylation sites (tertiary alicyclic amines) is 1. The third kappa shape index (κ3) is 3.70. The number of amides is 1. The Morgan fingerprint density at radius 3 is 2.92 bits per heavy atom. The minimum absolute atomic E-state index is 0.00746. The van der Waals surface area contributed by atoms with Crippen molar-refractivity contribution in [1.29, 1.82) is 0 Å². The average molecular weight is 337 g/mol. The molecular formula is C16H27N5O3. The van der Waals surface area contributed by atoms with E-state index in [0.717, 1.165) is 38.8 Å². The number of aryl methyl sites for hydroxylation is 2. The summed E-state index contributed by atoms with van der Waals surface area (Å²) in [6.45, 7) is 2.31. The van der Waals surface area contributed by atoms with Gasteiger partial charge >= 0.3 is 5.69 Å². The SMILES string of the molecule is COC1CCN([C@H]2CCC[C@H]2NC(=O)CCn2ncn(C)c2=O)C1. The first kappa shape index (κ1) is 17.2. The van der Waals surface area contributed by atoms with Gasteiger partial charge in [-0.3, -0.25) is 14.3 Å².